The highest BCUT2D eigenvalue weighted by atomic mass is 16.6. The highest BCUT2D eigenvalue weighted by Gasteiger charge is 1.91. The van der Waals surface area contributed by atoms with Gasteiger partial charge in [0.25, 0.3) is 0 Å². The Morgan fingerprint density at radius 1 is 1.55 bits per heavy atom. The molecule has 0 saturated heterocycles. The van der Waals surface area contributed by atoms with Crippen LogP contribution in [0.15, 0.2) is 36.3 Å². The maximum absolute atomic E-state index is 4.95. The van der Waals surface area contributed by atoms with Gasteiger partial charge in [-0.05, 0) is 13.0 Å². The number of hydrogen-bond donors (Lipinski definition) is 1. The molecule has 0 aliphatic heterocycles. The largest absolute Gasteiger partial charge is 0.501 e. The summed E-state index contributed by atoms with van der Waals surface area (Å²) in [6.07, 6.45) is 4.89. The van der Waals surface area contributed by atoms with E-state index in [1.165, 1.54) is 0 Å². The Kier molecular flexibility index (Phi) is 4.94. The molecule has 0 radical (unpaired) electrons. The second-order valence-corrected chi connectivity index (χ2v) is 1.88. The maximum Gasteiger partial charge on any atom is 0.150 e. The summed E-state index contributed by atoms with van der Waals surface area (Å²) in [7, 11) is 1.58. The topological polar surface area (TPSA) is 44.5 Å². The molecule has 11 heavy (non-hydrogen) atoms. The van der Waals surface area contributed by atoms with Crippen molar-refractivity contribution in [3.05, 3.63) is 36.3 Å². The molecule has 0 aromatic carbocycles. The minimum absolute atomic E-state index is 0.513. The van der Waals surface area contributed by atoms with Gasteiger partial charge in [0.1, 0.15) is 5.76 Å². The van der Waals surface area contributed by atoms with Crippen molar-refractivity contribution in [2.75, 3.05) is 7.11 Å². The Morgan fingerprint density at radius 2 is 2.18 bits per heavy atom. The number of rotatable bonds is 4. The van der Waals surface area contributed by atoms with Crippen LogP contribution in [0.3, 0.4) is 0 Å². The fraction of sp³-hybridized carbons (Fsp3) is 0.250. The third-order valence-corrected chi connectivity index (χ3v) is 1.09. The van der Waals surface area contributed by atoms with Gasteiger partial charge in [-0.25, -0.2) is 0 Å². The van der Waals surface area contributed by atoms with E-state index in [2.05, 4.69) is 11.4 Å². The summed E-state index contributed by atoms with van der Waals surface area (Å²) in [5.74, 6) is 6.18. The summed E-state index contributed by atoms with van der Waals surface area (Å²) in [5, 5.41) is 0. The van der Waals surface area contributed by atoms with Gasteiger partial charge >= 0.3 is 0 Å². The van der Waals surface area contributed by atoms with Crippen molar-refractivity contribution in [2.45, 2.75) is 6.92 Å². The van der Waals surface area contributed by atoms with Gasteiger partial charge in [0.05, 0.1) is 12.9 Å². The lowest BCUT2D eigenvalue weighted by Crippen LogP contribution is -1.97. The zero-order chi connectivity index (χ0) is 8.69. The van der Waals surface area contributed by atoms with Crippen LogP contribution in [0.4, 0.5) is 0 Å². The normalized spacial score (nSPS) is 12.6. The monoisotopic (exact) mass is 155 g/mol. The van der Waals surface area contributed by atoms with E-state index in [-0.39, 0.29) is 0 Å². The van der Waals surface area contributed by atoms with Crippen LogP contribution in [-0.4, -0.2) is 7.11 Å². The molecule has 0 heterocycles. The molecule has 0 aromatic rings. The van der Waals surface area contributed by atoms with E-state index in [0.717, 1.165) is 5.76 Å². The number of nitrogens with two attached hydrogens (primary N) is 1. The van der Waals surface area contributed by atoms with Gasteiger partial charge in [0, 0.05) is 6.08 Å². The van der Waals surface area contributed by atoms with Gasteiger partial charge in [0.2, 0.25) is 0 Å². The summed E-state index contributed by atoms with van der Waals surface area (Å²) < 4.78 is 4.88. The second-order valence-electron chi connectivity index (χ2n) is 1.88. The van der Waals surface area contributed by atoms with Gasteiger partial charge in [-0.15, -0.1) is 0 Å². The van der Waals surface area contributed by atoms with Crippen LogP contribution in [0.2, 0.25) is 0 Å². The average molecular weight is 155 g/mol. The highest BCUT2D eigenvalue weighted by Crippen LogP contribution is 2.02. The lowest BCUT2D eigenvalue weighted by Gasteiger charge is -2.00. The molecule has 0 amide bonds. The van der Waals surface area contributed by atoms with Crippen molar-refractivity contribution in [2.24, 2.45) is 5.90 Å². The zero-order valence-corrected chi connectivity index (χ0v) is 6.83. The predicted octanol–water partition coefficient (Wildman–Crippen LogP) is 1.50. The lowest BCUT2D eigenvalue weighted by atomic mass is 10.4. The molecule has 0 rings (SSSR count). The van der Waals surface area contributed by atoms with Gasteiger partial charge in [-0.2, -0.15) is 5.90 Å². The van der Waals surface area contributed by atoms with Crippen LogP contribution in [0.5, 0.6) is 0 Å². The molecule has 3 heteroatoms. The van der Waals surface area contributed by atoms with Gasteiger partial charge in [0.15, 0.2) is 0 Å². The molecule has 3 nitrogen and oxygen atoms in total. The molecule has 62 valence electrons. The fourth-order valence-corrected chi connectivity index (χ4v) is 0.497. The molecule has 0 atom stereocenters. The Hall–Kier alpha value is -1.22. The summed E-state index contributed by atoms with van der Waals surface area (Å²) >= 11 is 0. The molecule has 0 spiro atoms. The number of hydrogen-bond acceptors (Lipinski definition) is 3. The quantitative estimate of drug-likeness (QED) is 0.380. The van der Waals surface area contributed by atoms with E-state index >= 15 is 0 Å². The van der Waals surface area contributed by atoms with E-state index in [1.54, 1.807) is 32.3 Å². The molecule has 0 aromatic heterocycles. The first-order chi connectivity index (χ1) is 5.24. The summed E-state index contributed by atoms with van der Waals surface area (Å²) in [6, 6.07) is 0. The lowest BCUT2D eigenvalue weighted by molar-refractivity contribution is 0.227. The van der Waals surface area contributed by atoms with Crippen molar-refractivity contribution in [3.8, 4) is 0 Å². The van der Waals surface area contributed by atoms with Crippen LogP contribution < -0.4 is 5.90 Å². The molecule has 0 unspecified atom stereocenters. The van der Waals surface area contributed by atoms with E-state index in [1.807, 2.05) is 0 Å². The molecular formula is C8H13NO2. The van der Waals surface area contributed by atoms with Gasteiger partial charge in [-0.3, -0.25) is 0 Å². The standard InChI is InChI=1S/C8H13NO2/c1-4-5-8(11-9)6-7(2)10-3/h4-6H,1,9H2,2-3H3/b7-6+,8-5+. The van der Waals surface area contributed by atoms with E-state index in [4.69, 9.17) is 10.6 Å². The van der Waals surface area contributed by atoms with Crippen molar-refractivity contribution < 1.29 is 9.57 Å². The van der Waals surface area contributed by atoms with Gasteiger partial charge < -0.3 is 9.57 Å². The van der Waals surface area contributed by atoms with Crippen LogP contribution in [0.1, 0.15) is 6.92 Å². The Balaban J connectivity index is 4.28. The van der Waals surface area contributed by atoms with Crippen LogP contribution in [-0.2, 0) is 9.57 Å². The zero-order valence-electron chi connectivity index (χ0n) is 6.83. The first-order valence-corrected chi connectivity index (χ1v) is 3.16. The molecule has 0 aliphatic rings. The van der Waals surface area contributed by atoms with Crippen molar-refractivity contribution in [1.29, 1.82) is 0 Å². The van der Waals surface area contributed by atoms with Gasteiger partial charge in [-0.1, -0.05) is 12.7 Å². The first-order valence-electron chi connectivity index (χ1n) is 3.16. The molecule has 0 fully saturated rings. The van der Waals surface area contributed by atoms with Crippen molar-refractivity contribution in [3.63, 3.8) is 0 Å². The van der Waals surface area contributed by atoms with Crippen LogP contribution >= 0.6 is 0 Å². The third kappa shape index (κ3) is 4.22. The minimum Gasteiger partial charge on any atom is -0.501 e. The first kappa shape index (κ1) is 9.78. The number of allylic oxidation sites excluding steroid dienone is 4. The van der Waals surface area contributed by atoms with E-state index in [0.29, 0.717) is 5.76 Å². The van der Waals surface area contributed by atoms with E-state index < -0.39 is 0 Å². The Morgan fingerprint density at radius 3 is 2.55 bits per heavy atom. The molecular weight excluding hydrogens is 142 g/mol. The smallest absolute Gasteiger partial charge is 0.150 e. The molecule has 2 N–H and O–H groups in total. The average Bonchev–Trinajstić information content (AvgIpc) is 2.03. The Bertz CT molecular complexity index is 183. The molecule has 0 bridgehead atoms. The summed E-state index contributed by atoms with van der Waals surface area (Å²) in [6.45, 7) is 5.30. The predicted molar refractivity (Wildman–Crippen MR) is 44.3 cm³/mol. The third-order valence-electron chi connectivity index (χ3n) is 1.09. The minimum atomic E-state index is 0.513. The van der Waals surface area contributed by atoms with Crippen LogP contribution in [0, 0.1) is 0 Å². The van der Waals surface area contributed by atoms with Crippen molar-refractivity contribution in [1.82, 2.24) is 0 Å². The number of methoxy groups -OCH3 is 1. The molecule has 0 aliphatic carbocycles. The van der Waals surface area contributed by atoms with Crippen LogP contribution in [0.25, 0.3) is 0 Å². The summed E-state index contributed by atoms with van der Waals surface area (Å²) in [4.78, 5) is 4.50. The van der Waals surface area contributed by atoms with E-state index in [9.17, 15) is 0 Å². The summed E-state index contributed by atoms with van der Waals surface area (Å²) in [5.41, 5.74) is 0. The maximum atomic E-state index is 4.95. The number of ether oxygens (including phenoxy) is 1. The Labute approximate surface area is 66.7 Å². The fourth-order valence-electron chi connectivity index (χ4n) is 0.497. The second kappa shape index (κ2) is 5.56. The SMILES string of the molecule is C=C/C=C(\C=C(/C)OC)ON. The highest BCUT2D eigenvalue weighted by molar-refractivity contribution is 5.18. The molecule has 0 saturated carbocycles. The van der Waals surface area contributed by atoms with Crippen molar-refractivity contribution >= 4 is 0 Å².